The topological polar surface area (TPSA) is 46.2 Å². The molecule has 0 saturated carbocycles. The number of alkyl halides is 2. The third-order valence-electron chi connectivity index (χ3n) is 1.65. The van der Waals surface area contributed by atoms with Crippen LogP contribution in [0, 0.1) is 0 Å². The van der Waals surface area contributed by atoms with E-state index in [1.165, 1.54) is 18.2 Å². The summed E-state index contributed by atoms with van der Waals surface area (Å²) < 4.78 is 24.3. The van der Waals surface area contributed by atoms with E-state index in [9.17, 15) is 13.9 Å². The number of nitrogens with two attached hydrogens (primary N) is 1. The van der Waals surface area contributed by atoms with Crippen LogP contribution in [-0.2, 0) is 0 Å². The molecule has 0 saturated heterocycles. The molecule has 3 N–H and O–H groups in total. The summed E-state index contributed by atoms with van der Waals surface area (Å²) in [5, 5.41) is 9.29. The molecule has 1 aromatic carbocycles. The number of para-hydroxylation sites is 1. The lowest BCUT2D eigenvalue weighted by molar-refractivity contribution is 0.115. The van der Waals surface area contributed by atoms with Gasteiger partial charge in [-0.1, -0.05) is 23.7 Å². The monoisotopic (exact) mass is 243 g/mol. The van der Waals surface area contributed by atoms with Crippen molar-refractivity contribution in [3.63, 3.8) is 0 Å². The molecule has 1 rings (SSSR count). The molecule has 0 spiro atoms. The van der Waals surface area contributed by atoms with E-state index in [1.807, 2.05) is 0 Å². The molecule has 14 heavy (non-hydrogen) atoms. The van der Waals surface area contributed by atoms with Crippen LogP contribution >= 0.6 is 24.0 Å². The van der Waals surface area contributed by atoms with Crippen molar-refractivity contribution < 1.29 is 13.9 Å². The van der Waals surface area contributed by atoms with Gasteiger partial charge in [0.05, 0.1) is 11.1 Å². The number of benzene rings is 1. The van der Waals surface area contributed by atoms with Crippen molar-refractivity contribution in [1.29, 1.82) is 0 Å². The van der Waals surface area contributed by atoms with E-state index >= 15 is 0 Å². The third kappa shape index (κ3) is 2.70. The fraction of sp³-hybridized carbons (Fsp3) is 0.250. The highest BCUT2D eigenvalue weighted by Crippen LogP contribution is 2.32. The lowest BCUT2D eigenvalue weighted by atomic mass is 10.1. The lowest BCUT2D eigenvalue weighted by Crippen LogP contribution is -2.18. The average molecular weight is 244 g/mol. The van der Waals surface area contributed by atoms with E-state index < -0.39 is 12.5 Å². The maximum Gasteiger partial charge on any atom is 0.257 e. The summed E-state index contributed by atoms with van der Waals surface area (Å²) in [5.41, 5.74) is 5.10. The molecule has 0 radical (unpaired) electrons. The van der Waals surface area contributed by atoms with Crippen LogP contribution in [0.4, 0.5) is 8.78 Å². The molecule has 0 aliphatic rings. The zero-order valence-electron chi connectivity index (χ0n) is 6.95. The van der Waals surface area contributed by atoms with E-state index in [-0.39, 0.29) is 28.7 Å². The van der Waals surface area contributed by atoms with Crippen LogP contribution in [0.15, 0.2) is 18.2 Å². The Morgan fingerprint density at radius 3 is 2.43 bits per heavy atom. The van der Waals surface area contributed by atoms with Gasteiger partial charge in [-0.2, -0.15) is 0 Å². The second-order valence-corrected chi connectivity index (χ2v) is 2.95. The molecule has 6 heteroatoms. The molecule has 2 nitrogen and oxygen atoms in total. The van der Waals surface area contributed by atoms with Crippen molar-refractivity contribution in [2.75, 3.05) is 0 Å². The molecule has 0 bridgehead atoms. The first-order valence-electron chi connectivity index (χ1n) is 3.55. The molecule has 1 atom stereocenters. The summed E-state index contributed by atoms with van der Waals surface area (Å²) in [6.45, 7) is 0. The summed E-state index contributed by atoms with van der Waals surface area (Å²) in [6, 6.07) is 2.68. The maximum absolute atomic E-state index is 12.1. The molecular formula is C8H9Cl2F2NO. The molecule has 0 fully saturated rings. The highest BCUT2D eigenvalue weighted by Gasteiger charge is 2.21. The van der Waals surface area contributed by atoms with Crippen molar-refractivity contribution in [3.8, 4) is 5.75 Å². The van der Waals surface area contributed by atoms with Crippen LogP contribution in [0.5, 0.6) is 5.75 Å². The fourth-order valence-corrected chi connectivity index (χ4v) is 1.12. The minimum Gasteiger partial charge on any atom is -0.506 e. The van der Waals surface area contributed by atoms with E-state index in [0.717, 1.165) is 0 Å². The zero-order valence-corrected chi connectivity index (χ0v) is 8.53. The first-order chi connectivity index (χ1) is 6.04. The van der Waals surface area contributed by atoms with Gasteiger partial charge in [0.2, 0.25) is 0 Å². The van der Waals surface area contributed by atoms with E-state index in [2.05, 4.69) is 0 Å². The summed E-state index contributed by atoms with van der Waals surface area (Å²) in [4.78, 5) is 0. The molecule has 0 aromatic heterocycles. The molecule has 1 aromatic rings. The summed E-state index contributed by atoms with van der Waals surface area (Å²) in [5.74, 6) is -0.378. The van der Waals surface area contributed by atoms with Gasteiger partial charge in [0.1, 0.15) is 5.75 Å². The van der Waals surface area contributed by atoms with E-state index in [1.54, 1.807) is 0 Å². The summed E-state index contributed by atoms with van der Waals surface area (Å²) in [7, 11) is 0. The number of phenolic OH excluding ortho intramolecular Hbond substituents is 1. The normalized spacial score (nSPS) is 12.4. The maximum atomic E-state index is 12.1. The van der Waals surface area contributed by atoms with E-state index in [0.29, 0.717) is 0 Å². The quantitative estimate of drug-likeness (QED) is 0.840. The first-order valence-corrected chi connectivity index (χ1v) is 3.93. The average Bonchev–Trinajstić information content (AvgIpc) is 2.08. The number of aromatic hydroxyl groups is 1. The highest BCUT2D eigenvalue weighted by atomic mass is 35.5. The molecule has 0 aliphatic carbocycles. The molecule has 0 amide bonds. The number of phenols is 1. The van der Waals surface area contributed by atoms with Crippen LogP contribution in [0.3, 0.4) is 0 Å². The van der Waals surface area contributed by atoms with Crippen LogP contribution < -0.4 is 5.73 Å². The second kappa shape index (κ2) is 5.34. The Kier molecular flexibility index (Phi) is 5.12. The molecule has 0 unspecified atom stereocenters. The van der Waals surface area contributed by atoms with Gasteiger partial charge in [0.25, 0.3) is 6.43 Å². The van der Waals surface area contributed by atoms with Gasteiger partial charge in [0, 0.05) is 5.56 Å². The first kappa shape index (κ1) is 13.4. The minimum atomic E-state index is -2.72. The Labute approximate surface area is 91.1 Å². The SMILES string of the molecule is Cl.N[C@H](c1cccc(Cl)c1O)C(F)F. The van der Waals surface area contributed by atoms with Crippen molar-refractivity contribution in [2.24, 2.45) is 5.73 Å². The van der Waals surface area contributed by atoms with Gasteiger partial charge in [-0.05, 0) is 6.07 Å². The summed E-state index contributed by atoms with van der Waals surface area (Å²) in [6.07, 6.45) is -2.72. The van der Waals surface area contributed by atoms with Crippen LogP contribution in [0.25, 0.3) is 0 Å². The Balaban J connectivity index is 0.00000169. The number of halogens is 4. The van der Waals surface area contributed by atoms with Gasteiger partial charge in [-0.3, -0.25) is 0 Å². The van der Waals surface area contributed by atoms with Crippen molar-refractivity contribution in [3.05, 3.63) is 28.8 Å². The number of rotatable bonds is 2. The highest BCUT2D eigenvalue weighted by molar-refractivity contribution is 6.32. The predicted octanol–water partition coefficient (Wildman–Crippen LogP) is 2.73. The van der Waals surface area contributed by atoms with E-state index in [4.69, 9.17) is 17.3 Å². The fourth-order valence-electron chi connectivity index (χ4n) is 0.937. The Morgan fingerprint density at radius 1 is 1.36 bits per heavy atom. The van der Waals surface area contributed by atoms with Gasteiger partial charge >= 0.3 is 0 Å². The van der Waals surface area contributed by atoms with Gasteiger partial charge < -0.3 is 10.8 Å². The third-order valence-corrected chi connectivity index (χ3v) is 1.95. The smallest absolute Gasteiger partial charge is 0.257 e. The minimum absolute atomic E-state index is 0. The van der Waals surface area contributed by atoms with Crippen LogP contribution in [-0.4, -0.2) is 11.5 Å². The van der Waals surface area contributed by atoms with Gasteiger partial charge in [-0.15, -0.1) is 12.4 Å². The Hall–Kier alpha value is -0.580. The predicted molar refractivity (Wildman–Crippen MR) is 53.3 cm³/mol. The Bertz CT molecular complexity index is 309. The van der Waals surface area contributed by atoms with Crippen molar-refractivity contribution in [1.82, 2.24) is 0 Å². The van der Waals surface area contributed by atoms with Gasteiger partial charge in [0.15, 0.2) is 0 Å². The zero-order chi connectivity index (χ0) is 10.0. The Morgan fingerprint density at radius 2 is 1.93 bits per heavy atom. The lowest BCUT2D eigenvalue weighted by Gasteiger charge is -2.12. The van der Waals surface area contributed by atoms with Crippen LogP contribution in [0.2, 0.25) is 5.02 Å². The standard InChI is InChI=1S/C8H8ClF2NO.ClH/c9-5-3-1-2-4(7(5)13)6(12)8(10)11;/h1-3,6,8,13H,12H2;1H/t6-;/m1./s1. The largest absolute Gasteiger partial charge is 0.506 e. The molecule has 80 valence electrons. The van der Waals surface area contributed by atoms with Gasteiger partial charge in [-0.25, -0.2) is 8.78 Å². The van der Waals surface area contributed by atoms with Crippen molar-refractivity contribution in [2.45, 2.75) is 12.5 Å². The molecule has 0 heterocycles. The van der Waals surface area contributed by atoms with Crippen molar-refractivity contribution >= 4 is 24.0 Å². The molecule has 0 aliphatic heterocycles. The molecular weight excluding hydrogens is 235 g/mol. The number of hydrogen-bond acceptors (Lipinski definition) is 2. The number of hydrogen-bond donors (Lipinski definition) is 2. The summed E-state index contributed by atoms with van der Waals surface area (Å²) >= 11 is 5.51. The van der Waals surface area contributed by atoms with Crippen LogP contribution in [0.1, 0.15) is 11.6 Å². The second-order valence-electron chi connectivity index (χ2n) is 2.54.